The number of aryl methyl sites for hydroxylation is 4. The SMILES string of the molecule is Cc1cc2c(cc1CCCCC(C)(C)c1ccccc1)-c1cc(CCCCC(C)(C)c3ccccc3)c(C)cc1[CH]2.[Cl][Zr][Cl]. The first-order valence-electron chi connectivity index (χ1n) is 16.3. The van der Waals surface area contributed by atoms with Gasteiger partial charge in [0.2, 0.25) is 0 Å². The van der Waals surface area contributed by atoms with Crippen molar-refractivity contribution in [2.24, 2.45) is 0 Å². The molecule has 0 fully saturated rings. The van der Waals surface area contributed by atoms with Gasteiger partial charge in [-0.3, -0.25) is 0 Å². The van der Waals surface area contributed by atoms with Gasteiger partial charge in [-0.1, -0.05) is 125 Å². The second-order valence-corrected chi connectivity index (χ2v) is 17.6. The first-order chi connectivity index (χ1) is 21.1. The van der Waals surface area contributed by atoms with Crippen molar-refractivity contribution in [3.63, 3.8) is 0 Å². The number of benzene rings is 4. The first-order valence-corrected chi connectivity index (χ1v) is 22.6. The minimum absolute atomic E-state index is 0.230. The molecule has 0 heterocycles. The van der Waals surface area contributed by atoms with Gasteiger partial charge < -0.3 is 0 Å². The van der Waals surface area contributed by atoms with Gasteiger partial charge in [0.05, 0.1) is 0 Å². The number of fused-ring (bicyclic) bond motifs is 3. The average molecular weight is 704 g/mol. The van der Waals surface area contributed by atoms with Crippen LogP contribution in [0.2, 0.25) is 0 Å². The Morgan fingerprint density at radius 3 is 1.27 bits per heavy atom. The maximum atomic E-state index is 4.93. The van der Waals surface area contributed by atoms with Gasteiger partial charge in [-0.2, -0.15) is 0 Å². The van der Waals surface area contributed by atoms with E-state index in [0.717, 1.165) is 12.8 Å². The molecule has 0 N–H and O–H groups in total. The fourth-order valence-corrected chi connectivity index (χ4v) is 6.79. The Morgan fingerprint density at radius 2 is 0.909 bits per heavy atom. The molecule has 1 aliphatic rings. The molecule has 0 atom stereocenters. The topological polar surface area (TPSA) is 0 Å². The molecule has 1 aliphatic carbocycles. The molecule has 0 saturated heterocycles. The maximum absolute atomic E-state index is 4.93. The summed E-state index contributed by atoms with van der Waals surface area (Å²) in [5.74, 6) is 0. The molecular weight excluding hydrogens is 655 g/mol. The Morgan fingerprint density at radius 1 is 0.545 bits per heavy atom. The van der Waals surface area contributed by atoms with E-state index in [2.05, 4.69) is 133 Å². The summed E-state index contributed by atoms with van der Waals surface area (Å²) in [4.78, 5) is 0. The second kappa shape index (κ2) is 16.3. The van der Waals surface area contributed by atoms with E-state index in [9.17, 15) is 0 Å². The van der Waals surface area contributed by atoms with Crippen LogP contribution in [-0.4, -0.2) is 0 Å². The van der Waals surface area contributed by atoms with Crippen molar-refractivity contribution in [2.45, 2.75) is 104 Å². The minimum atomic E-state index is -0.826. The van der Waals surface area contributed by atoms with Gasteiger partial charge in [-0.05, 0) is 119 Å². The molecule has 231 valence electrons. The Hall–Kier alpha value is -1.66. The fourth-order valence-electron chi connectivity index (χ4n) is 6.79. The number of hydrogen-bond donors (Lipinski definition) is 0. The molecule has 0 bridgehead atoms. The molecule has 5 rings (SSSR count). The third-order valence-electron chi connectivity index (χ3n) is 9.72. The molecule has 0 aliphatic heterocycles. The second-order valence-electron chi connectivity index (χ2n) is 13.9. The summed E-state index contributed by atoms with van der Waals surface area (Å²) >= 11 is -0.826. The predicted octanol–water partition coefficient (Wildman–Crippen LogP) is 12.6. The zero-order chi connectivity index (χ0) is 31.7. The summed E-state index contributed by atoms with van der Waals surface area (Å²) in [6.45, 7) is 14.2. The Kier molecular flexibility index (Phi) is 13.0. The van der Waals surface area contributed by atoms with Gasteiger partial charge in [0.1, 0.15) is 0 Å². The monoisotopic (exact) mass is 701 g/mol. The van der Waals surface area contributed by atoms with Crippen molar-refractivity contribution in [3.8, 4) is 11.1 Å². The molecular formula is C41H49Cl2Zr. The van der Waals surface area contributed by atoms with E-state index in [1.807, 2.05) is 0 Å². The quantitative estimate of drug-likeness (QED) is 0.114. The van der Waals surface area contributed by atoms with Gasteiger partial charge in [0, 0.05) is 6.42 Å². The molecule has 0 aromatic heterocycles. The van der Waals surface area contributed by atoms with Gasteiger partial charge in [-0.15, -0.1) is 0 Å². The van der Waals surface area contributed by atoms with Crippen molar-refractivity contribution in [1.29, 1.82) is 0 Å². The van der Waals surface area contributed by atoms with Crippen molar-refractivity contribution < 1.29 is 20.8 Å². The third kappa shape index (κ3) is 9.21. The van der Waals surface area contributed by atoms with Crippen molar-refractivity contribution in [1.82, 2.24) is 0 Å². The van der Waals surface area contributed by atoms with Gasteiger partial charge in [0.15, 0.2) is 0 Å². The summed E-state index contributed by atoms with van der Waals surface area (Å²) in [7, 11) is 9.87. The van der Waals surface area contributed by atoms with E-state index in [1.54, 1.807) is 0 Å². The van der Waals surface area contributed by atoms with Gasteiger partial charge in [0.25, 0.3) is 0 Å². The molecule has 0 unspecified atom stereocenters. The third-order valence-corrected chi connectivity index (χ3v) is 9.72. The fraction of sp³-hybridized carbons (Fsp3) is 0.390. The summed E-state index contributed by atoms with van der Waals surface area (Å²) in [6.07, 6.45) is 12.2. The Bertz CT molecular complexity index is 1380. The first kappa shape index (κ1) is 35.2. The van der Waals surface area contributed by atoms with Crippen LogP contribution in [0.4, 0.5) is 0 Å². The number of rotatable bonds is 12. The zero-order valence-electron chi connectivity index (χ0n) is 27.6. The molecule has 0 nitrogen and oxygen atoms in total. The zero-order valence-corrected chi connectivity index (χ0v) is 31.5. The van der Waals surface area contributed by atoms with Crippen molar-refractivity contribution in [2.75, 3.05) is 0 Å². The van der Waals surface area contributed by atoms with Crippen LogP contribution in [0.25, 0.3) is 11.1 Å². The summed E-state index contributed by atoms with van der Waals surface area (Å²) in [5.41, 5.74) is 15.0. The molecule has 0 saturated carbocycles. The Balaban J connectivity index is 0.00000141. The molecule has 0 amide bonds. The van der Waals surface area contributed by atoms with Crippen LogP contribution in [0.15, 0.2) is 84.9 Å². The van der Waals surface area contributed by atoms with E-state index in [-0.39, 0.29) is 10.8 Å². The normalized spacial score (nSPS) is 12.3. The van der Waals surface area contributed by atoms with Gasteiger partial charge in [-0.25, -0.2) is 0 Å². The van der Waals surface area contributed by atoms with Crippen LogP contribution in [0.1, 0.15) is 111 Å². The number of hydrogen-bond acceptors (Lipinski definition) is 0. The average Bonchev–Trinajstić information content (AvgIpc) is 3.34. The van der Waals surface area contributed by atoms with Crippen LogP contribution in [0.5, 0.6) is 0 Å². The molecule has 3 heteroatoms. The predicted molar refractivity (Wildman–Crippen MR) is 190 cm³/mol. The molecule has 4 aromatic rings. The standard InChI is InChI=1S/C41H49.2ClH.Zr/c1-30-25-34-27-35-26-31(2)33(18-14-16-24-41(5,6)37-21-11-8-12-22-37)29-39(35)38(34)28-32(30)17-13-15-23-40(3,4)36-19-9-7-10-20-36;;;/h7-12,19-22,25-29H,13-18,23-24H2,1-6H3;2*1H;/q;;;+2/p-2. The molecule has 44 heavy (non-hydrogen) atoms. The Labute approximate surface area is 286 Å². The van der Waals surface area contributed by atoms with Crippen LogP contribution < -0.4 is 0 Å². The van der Waals surface area contributed by atoms with E-state index < -0.39 is 20.8 Å². The van der Waals surface area contributed by atoms with E-state index >= 15 is 0 Å². The van der Waals surface area contributed by atoms with Crippen LogP contribution in [0.3, 0.4) is 0 Å². The molecule has 0 spiro atoms. The summed E-state index contributed by atoms with van der Waals surface area (Å²) in [5, 5.41) is 0. The number of unbranched alkanes of at least 4 members (excludes halogenated alkanes) is 2. The van der Waals surface area contributed by atoms with Crippen LogP contribution in [-0.2, 0) is 44.5 Å². The van der Waals surface area contributed by atoms with Gasteiger partial charge >= 0.3 is 37.9 Å². The molecule has 1 radical (unpaired) electrons. The summed E-state index contributed by atoms with van der Waals surface area (Å²) in [6, 6.07) is 31.9. The van der Waals surface area contributed by atoms with Crippen molar-refractivity contribution >= 4 is 17.0 Å². The van der Waals surface area contributed by atoms with Crippen LogP contribution >= 0.6 is 17.0 Å². The van der Waals surface area contributed by atoms with Crippen molar-refractivity contribution in [3.05, 3.63) is 136 Å². The van der Waals surface area contributed by atoms with Crippen LogP contribution in [0, 0.1) is 20.3 Å². The number of halogens is 2. The molecule has 4 aromatic carbocycles. The van der Waals surface area contributed by atoms with E-state index in [1.165, 1.54) is 94.2 Å². The summed E-state index contributed by atoms with van der Waals surface area (Å²) < 4.78 is 0. The van der Waals surface area contributed by atoms with E-state index in [0.29, 0.717) is 0 Å². The van der Waals surface area contributed by atoms with E-state index in [4.69, 9.17) is 17.0 Å².